The van der Waals surface area contributed by atoms with E-state index in [2.05, 4.69) is 20.4 Å². The zero-order valence-electron chi connectivity index (χ0n) is 15.0. The first-order valence-corrected chi connectivity index (χ1v) is 8.44. The van der Waals surface area contributed by atoms with Gasteiger partial charge in [-0.05, 0) is 37.3 Å². The first kappa shape index (κ1) is 17.8. The number of halogens is 2. The van der Waals surface area contributed by atoms with Gasteiger partial charge in [0.25, 0.3) is 11.5 Å². The lowest BCUT2D eigenvalue weighted by molar-refractivity contribution is 0.0740. The van der Waals surface area contributed by atoms with Gasteiger partial charge in [0.15, 0.2) is 11.6 Å². The fourth-order valence-electron chi connectivity index (χ4n) is 3.14. The molecule has 4 aromatic rings. The van der Waals surface area contributed by atoms with Gasteiger partial charge in [-0.15, -0.1) is 0 Å². The molecule has 142 valence electrons. The molecule has 0 saturated heterocycles. The van der Waals surface area contributed by atoms with E-state index in [4.69, 9.17) is 0 Å². The van der Waals surface area contributed by atoms with Crippen LogP contribution < -0.4 is 5.56 Å². The second kappa shape index (κ2) is 6.52. The molecule has 0 bridgehead atoms. The molecule has 0 unspecified atom stereocenters. The molecule has 1 atom stereocenters. The van der Waals surface area contributed by atoms with Crippen LogP contribution in [0.15, 0.2) is 41.3 Å². The predicted molar refractivity (Wildman–Crippen MR) is 98.9 cm³/mol. The molecule has 0 aliphatic carbocycles. The normalized spacial score (nSPS) is 12.4. The molecule has 1 amide bonds. The molecule has 28 heavy (non-hydrogen) atoms. The van der Waals surface area contributed by atoms with Gasteiger partial charge in [-0.2, -0.15) is 10.2 Å². The van der Waals surface area contributed by atoms with E-state index in [9.17, 15) is 18.4 Å². The zero-order chi connectivity index (χ0) is 20.0. The van der Waals surface area contributed by atoms with E-state index in [1.54, 1.807) is 38.4 Å². The Labute approximate surface area is 157 Å². The van der Waals surface area contributed by atoms with E-state index < -0.39 is 23.2 Å². The Bertz CT molecular complexity index is 1280. The largest absolute Gasteiger partial charge is 0.333 e. The Kier molecular flexibility index (Phi) is 4.14. The van der Waals surface area contributed by atoms with E-state index in [1.807, 2.05) is 0 Å². The van der Waals surface area contributed by atoms with Gasteiger partial charge in [0.1, 0.15) is 0 Å². The molecule has 2 aromatic carbocycles. The molecule has 0 radical (unpaired) electrons. The maximum atomic E-state index is 13.8. The lowest BCUT2D eigenvalue weighted by atomic mass is 10.0. The number of carbonyl (C=O) groups is 1. The summed E-state index contributed by atoms with van der Waals surface area (Å²) < 4.78 is 27.3. The summed E-state index contributed by atoms with van der Waals surface area (Å²) in [4.78, 5) is 26.3. The molecule has 0 aliphatic heterocycles. The van der Waals surface area contributed by atoms with Crippen molar-refractivity contribution in [3.8, 4) is 0 Å². The summed E-state index contributed by atoms with van der Waals surface area (Å²) in [5.74, 6) is -2.51. The van der Waals surface area contributed by atoms with Crippen LogP contribution in [-0.2, 0) is 0 Å². The third-order valence-electron chi connectivity index (χ3n) is 4.84. The Morgan fingerprint density at radius 1 is 1.11 bits per heavy atom. The number of hydrogen-bond donors (Lipinski definition) is 2. The monoisotopic (exact) mass is 383 g/mol. The van der Waals surface area contributed by atoms with E-state index in [1.165, 1.54) is 4.90 Å². The average Bonchev–Trinajstić information content (AvgIpc) is 3.16. The van der Waals surface area contributed by atoms with Crippen LogP contribution in [0.1, 0.15) is 29.0 Å². The number of carbonyl (C=O) groups excluding carboxylic acids is 1. The lowest BCUT2D eigenvalue weighted by Gasteiger charge is -2.25. The first-order chi connectivity index (χ1) is 13.4. The number of aromatic nitrogens is 4. The highest BCUT2D eigenvalue weighted by Crippen LogP contribution is 2.26. The number of rotatable bonds is 3. The number of H-pyrrole nitrogens is 2. The molecule has 0 saturated carbocycles. The van der Waals surface area contributed by atoms with Crippen LogP contribution in [0.25, 0.3) is 21.7 Å². The number of fused-ring (bicyclic) bond motifs is 2. The van der Waals surface area contributed by atoms with Gasteiger partial charge in [0.2, 0.25) is 0 Å². The van der Waals surface area contributed by atoms with Gasteiger partial charge < -0.3 is 4.90 Å². The average molecular weight is 383 g/mol. The molecule has 7 nitrogen and oxygen atoms in total. The maximum Gasteiger partial charge on any atom is 0.272 e. The minimum absolute atomic E-state index is 0.0311. The van der Waals surface area contributed by atoms with Gasteiger partial charge in [-0.3, -0.25) is 14.7 Å². The van der Waals surface area contributed by atoms with Gasteiger partial charge >= 0.3 is 0 Å². The summed E-state index contributed by atoms with van der Waals surface area (Å²) in [6.07, 6.45) is 1.61. The lowest BCUT2D eigenvalue weighted by Crippen LogP contribution is -2.31. The predicted octanol–water partition coefficient (Wildman–Crippen LogP) is 2.91. The van der Waals surface area contributed by atoms with Crippen molar-refractivity contribution in [1.82, 2.24) is 25.3 Å². The SMILES string of the molecule is C[C@H](c1n[nH]c(=O)c2cc(F)c(F)cc12)N(C)C(=O)c1ccc2[nH]ncc2c1. The topological polar surface area (TPSA) is 94.7 Å². The van der Waals surface area contributed by atoms with Gasteiger partial charge in [-0.25, -0.2) is 13.9 Å². The number of aromatic amines is 2. The Balaban J connectivity index is 1.75. The van der Waals surface area contributed by atoms with Crippen LogP contribution in [0.3, 0.4) is 0 Å². The summed E-state index contributed by atoms with van der Waals surface area (Å²) in [6.45, 7) is 1.69. The highest BCUT2D eigenvalue weighted by Gasteiger charge is 2.24. The van der Waals surface area contributed by atoms with Gasteiger partial charge in [0.05, 0.1) is 28.8 Å². The van der Waals surface area contributed by atoms with Crippen LogP contribution in [0.5, 0.6) is 0 Å². The van der Waals surface area contributed by atoms with E-state index in [0.29, 0.717) is 5.56 Å². The molecule has 0 fully saturated rings. The fourth-order valence-corrected chi connectivity index (χ4v) is 3.14. The van der Waals surface area contributed by atoms with Crippen LogP contribution in [0.2, 0.25) is 0 Å². The van der Waals surface area contributed by atoms with E-state index in [0.717, 1.165) is 23.0 Å². The number of nitrogens with one attached hydrogen (secondary N) is 2. The van der Waals surface area contributed by atoms with Crippen LogP contribution in [0.4, 0.5) is 8.78 Å². The Morgan fingerprint density at radius 3 is 2.57 bits per heavy atom. The molecule has 9 heteroatoms. The molecular formula is C19H15F2N5O2. The second-order valence-corrected chi connectivity index (χ2v) is 6.51. The molecule has 4 rings (SSSR count). The fraction of sp³-hybridized carbons (Fsp3) is 0.158. The van der Waals surface area contributed by atoms with Crippen molar-refractivity contribution in [3.05, 3.63) is 69.8 Å². The Morgan fingerprint density at radius 2 is 1.82 bits per heavy atom. The number of amides is 1. The number of benzene rings is 2. The summed E-state index contributed by atoms with van der Waals surface area (Å²) >= 11 is 0. The van der Waals surface area contributed by atoms with Crippen LogP contribution in [0, 0.1) is 11.6 Å². The molecule has 2 N–H and O–H groups in total. The zero-order valence-corrected chi connectivity index (χ0v) is 15.0. The van der Waals surface area contributed by atoms with Crippen molar-refractivity contribution >= 4 is 27.6 Å². The summed E-state index contributed by atoms with van der Waals surface area (Å²) in [5.41, 5.74) is 0.866. The van der Waals surface area contributed by atoms with Crippen molar-refractivity contribution in [1.29, 1.82) is 0 Å². The standard InChI is InChI=1S/C19H15F2N5O2/c1-9(17-12-6-14(20)15(21)7-13(12)18(27)25-24-17)26(2)19(28)10-3-4-16-11(5-10)8-22-23-16/h3-9H,1-2H3,(H,22,23)(H,25,27)/t9-/m1/s1. The highest BCUT2D eigenvalue weighted by molar-refractivity contribution is 5.98. The van der Waals surface area contributed by atoms with Crippen molar-refractivity contribution in [3.63, 3.8) is 0 Å². The first-order valence-electron chi connectivity index (χ1n) is 8.44. The number of hydrogen-bond acceptors (Lipinski definition) is 4. The van der Waals surface area contributed by atoms with Crippen molar-refractivity contribution < 1.29 is 13.6 Å². The smallest absolute Gasteiger partial charge is 0.272 e. The van der Waals surface area contributed by atoms with Crippen molar-refractivity contribution in [2.24, 2.45) is 0 Å². The molecular weight excluding hydrogens is 368 g/mol. The highest BCUT2D eigenvalue weighted by atomic mass is 19.2. The number of nitrogens with zero attached hydrogens (tertiary/aromatic N) is 3. The molecule has 0 aliphatic rings. The van der Waals surface area contributed by atoms with E-state index >= 15 is 0 Å². The summed E-state index contributed by atoms with van der Waals surface area (Å²) in [6, 6.07) is 6.26. The maximum absolute atomic E-state index is 13.8. The van der Waals surface area contributed by atoms with Crippen LogP contribution >= 0.6 is 0 Å². The van der Waals surface area contributed by atoms with Crippen molar-refractivity contribution in [2.45, 2.75) is 13.0 Å². The quantitative estimate of drug-likeness (QED) is 0.569. The summed E-state index contributed by atoms with van der Waals surface area (Å²) in [5, 5.41) is 13.9. The van der Waals surface area contributed by atoms with Crippen LogP contribution in [-0.4, -0.2) is 38.2 Å². The molecule has 2 aromatic heterocycles. The van der Waals surface area contributed by atoms with Gasteiger partial charge in [-0.1, -0.05) is 0 Å². The van der Waals surface area contributed by atoms with Crippen molar-refractivity contribution in [2.75, 3.05) is 7.05 Å². The second-order valence-electron chi connectivity index (χ2n) is 6.51. The third kappa shape index (κ3) is 2.81. The van der Waals surface area contributed by atoms with Gasteiger partial charge in [0, 0.05) is 23.4 Å². The minimum Gasteiger partial charge on any atom is -0.333 e. The van der Waals surface area contributed by atoms with E-state index in [-0.39, 0.29) is 22.4 Å². The summed E-state index contributed by atoms with van der Waals surface area (Å²) in [7, 11) is 1.57. The molecule has 0 spiro atoms. The molecule has 2 heterocycles. The third-order valence-corrected chi connectivity index (χ3v) is 4.84. The minimum atomic E-state index is -1.12. The Hall–Kier alpha value is -3.62.